The van der Waals surface area contributed by atoms with Crippen molar-refractivity contribution < 1.29 is 14.2 Å². The molecule has 0 aromatic carbocycles. The van der Waals surface area contributed by atoms with Crippen molar-refractivity contribution >= 4 is 0 Å². The third kappa shape index (κ3) is 1.60. The smallest absolute Gasteiger partial charge is 0.164 e. The molecule has 3 nitrogen and oxygen atoms in total. The molecule has 3 fully saturated rings. The summed E-state index contributed by atoms with van der Waals surface area (Å²) >= 11 is 0. The lowest BCUT2D eigenvalue weighted by Gasteiger charge is -2.37. The van der Waals surface area contributed by atoms with E-state index in [2.05, 4.69) is 0 Å². The number of hydrogen-bond acceptors (Lipinski definition) is 3. The van der Waals surface area contributed by atoms with Crippen LogP contribution in [0.5, 0.6) is 0 Å². The second-order valence-corrected chi connectivity index (χ2v) is 5.91. The van der Waals surface area contributed by atoms with Gasteiger partial charge in [0.2, 0.25) is 0 Å². The zero-order valence-electron chi connectivity index (χ0n) is 10.3. The van der Waals surface area contributed by atoms with Crippen LogP contribution in [0.2, 0.25) is 0 Å². The summed E-state index contributed by atoms with van der Waals surface area (Å²) in [5.41, 5.74) is -0.135. The molecule has 0 amide bonds. The molecule has 2 saturated heterocycles. The average Bonchev–Trinajstić information content (AvgIpc) is 2.72. The molecular formula is C13H22O3. The molecule has 0 aromatic rings. The molecule has 3 aliphatic rings. The molecular weight excluding hydrogens is 204 g/mol. The maximum Gasteiger partial charge on any atom is 0.164 e. The first-order valence-electron chi connectivity index (χ1n) is 6.58. The van der Waals surface area contributed by atoms with Gasteiger partial charge in [-0.25, -0.2) is 0 Å². The molecule has 3 rings (SSSR count). The van der Waals surface area contributed by atoms with Crippen molar-refractivity contribution in [1.29, 1.82) is 0 Å². The van der Waals surface area contributed by atoms with Crippen LogP contribution in [0.15, 0.2) is 0 Å². The van der Waals surface area contributed by atoms with Crippen molar-refractivity contribution in [3.8, 4) is 0 Å². The monoisotopic (exact) mass is 226 g/mol. The Labute approximate surface area is 97.4 Å². The normalized spacial score (nSPS) is 43.5. The summed E-state index contributed by atoms with van der Waals surface area (Å²) in [6, 6.07) is 0. The standard InChI is InChI=1S/C13H22O3/c1-12(2)15-11-8-14-9-13(11,16-12)10-6-4-3-5-7-10/h10-11H,3-9H2,1-2H3/t11-,13-/m1/s1. The minimum Gasteiger partial charge on any atom is -0.376 e. The maximum absolute atomic E-state index is 6.25. The first kappa shape index (κ1) is 11.0. The maximum atomic E-state index is 6.25. The minimum atomic E-state index is -0.425. The molecule has 0 spiro atoms. The third-order valence-electron chi connectivity index (χ3n) is 4.30. The quantitative estimate of drug-likeness (QED) is 0.687. The summed E-state index contributed by atoms with van der Waals surface area (Å²) in [5.74, 6) is 0.210. The van der Waals surface area contributed by atoms with Crippen LogP contribution in [-0.4, -0.2) is 30.7 Å². The summed E-state index contributed by atoms with van der Waals surface area (Å²) in [5, 5.41) is 0. The fourth-order valence-electron chi connectivity index (χ4n) is 3.67. The van der Waals surface area contributed by atoms with Crippen molar-refractivity contribution in [3.05, 3.63) is 0 Å². The third-order valence-corrected chi connectivity index (χ3v) is 4.30. The van der Waals surface area contributed by atoms with Gasteiger partial charge in [0.25, 0.3) is 0 Å². The molecule has 0 radical (unpaired) electrons. The van der Waals surface area contributed by atoms with Crippen LogP contribution in [0, 0.1) is 5.92 Å². The van der Waals surface area contributed by atoms with E-state index in [-0.39, 0.29) is 11.7 Å². The molecule has 0 unspecified atom stereocenters. The van der Waals surface area contributed by atoms with Crippen molar-refractivity contribution in [2.24, 2.45) is 5.92 Å². The molecule has 2 atom stereocenters. The predicted octanol–water partition coefficient (Wildman–Crippen LogP) is 2.49. The van der Waals surface area contributed by atoms with Gasteiger partial charge in [-0.15, -0.1) is 0 Å². The molecule has 1 aliphatic carbocycles. The van der Waals surface area contributed by atoms with Crippen LogP contribution in [0.25, 0.3) is 0 Å². The second kappa shape index (κ2) is 3.69. The van der Waals surface area contributed by atoms with Gasteiger partial charge in [0.1, 0.15) is 11.7 Å². The van der Waals surface area contributed by atoms with Crippen molar-refractivity contribution in [2.45, 2.75) is 63.4 Å². The Morgan fingerprint density at radius 1 is 1.06 bits per heavy atom. The van der Waals surface area contributed by atoms with E-state index in [0.717, 1.165) is 6.61 Å². The molecule has 92 valence electrons. The van der Waals surface area contributed by atoms with Crippen molar-refractivity contribution in [2.75, 3.05) is 13.2 Å². The molecule has 0 aromatic heterocycles. The van der Waals surface area contributed by atoms with E-state index in [9.17, 15) is 0 Å². The Balaban J connectivity index is 1.83. The number of fused-ring (bicyclic) bond motifs is 1. The lowest BCUT2D eigenvalue weighted by atomic mass is 9.75. The number of rotatable bonds is 1. The lowest BCUT2D eigenvalue weighted by molar-refractivity contribution is -0.193. The van der Waals surface area contributed by atoms with Crippen LogP contribution < -0.4 is 0 Å². The Morgan fingerprint density at radius 2 is 1.81 bits per heavy atom. The van der Waals surface area contributed by atoms with E-state index in [1.54, 1.807) is 0 Å². The van der Waals surface area contributed by atoms with Crippen LogP contribution >= 0.6 is 0 Å². The largest absolute Gasteiger partial charge is 0.376 e. The highest BCUT2D eigenvalue weighted by Crippen LogP contribution is 2.48. The highest BCUT2D eigenvalue weighted by Gasteiger charge is 2.60. The van der Waals surface area contributed by atoms with Gasteiger partial charge in [0.15, 0.2) is 5.79 Å². The molecule has 2 heterocycles. The Bertz CT molecular complexity index is 270. The summed E-state index contributed by atoms with van der Waals surface area (Å²) in [6.45, 7) is 5.48. The van der Waals surface area contributed by atoms with Gasteiger partial charge in [-0.1, -0.05) is 19.3 Å². The highest BCUT2D eigenvalue weighted by molar-refractivity contribution is 5.04. The highest BCUT2D eigenvalue weighted by atomic mass is 16.8. The zero-order valence-corrected chi connectivity index (χ0v) is 10.3. The molecule has 1 saturated carbocycles. The van der Waals surface area contributed by atoms with E-state index >= 15 is 0 Å². The first-order valence-corrected chi connectivity index (χ1v) is 6.58. The molecule has 3 heteroatoms. The van der Waals surface area contributed by atoms with E-state index in [1.807, 2.05) is 13.8 Å². The van der Waals surface area contributed by atoms with Gasteiger partial charge in [0, 0.05) is 0 Å². The summed E-state index contributed by atoms with van der Waals surface area (Å²) in [7, 11) is 0. The zero-order chi connectivity index (χ0) is 11.2. The second-order valence-electron chi connectivity index (χ2n) is 5.91. The fraction of sp³-hybridized carbons (Fsp3) is 1.00. The topological polar surface area (TPSA) is 27.7 Å². The van der Waals surface area contributed by atoms with Crippen LogP contribution in [0.3, 0.4) is 0 Å². The molecule has 2 aliphatic heterocycles. The Morgan fingerprint density at radius 3 is 2.56 bits per heavy atom. The van der Waals surface area contributed by atoms with E-state index < -0.39 is 5.79 Å². The van der Waals surface area contributed by atoms with Crippen LogP contribution in [0.4, 0.5) is 0 Å². The van der Waals surface area contributed by atoms with Crippen molar-refractivity contribution in [1.82, 2.24) is 0 Å². The van der Waals surface area contributed by atoms with Gasteiger partial charge in [-0.05, 0) is 32.6 Å². The van der Waals surface area contributed by atoms with E-state index in [1.165, 1.54) is 32.1 Å². The summed E-state index contributed by atoms with van der Waals surface area (Å²) < 4.78 is 17.8. The number of hydrogen-bond donors (Lipinski definition) is 0. The SMILES string of the molecule is CC1(C)O[C@@H]2COC[C@]2(C2CCCCC2)O1. The Hall–Kier alpha value is -0.120. The number of ether oxygens (including phenoxy) is 3. The average molecular weight is 226 g/mol. The van der Waals surface area contributed by atoms with Crippen LogP contribution in [0.1, 0.15) is 46.0 Å². The van der Waals surface area contributed by atoms with Gasteiger partial charge >= 0.3 is 0 Å². The van der Waals surface area contributed by atoms with E-state index in [0.29, 0.717) is 12.5 Å². The molecule has 0 N–H and O–H groups in total. The molecule has 16 heavy (non-hydrogen) atoms. The summed E-state index contributed by atoms with van der Waals surface area (Å²) in [4.78, 5) is 0. The molecule has 0 bridgehead atoms. The predicted molar refractivity (Wildman–Crippen MR) is 60.2 cm³/mol. The van der Waals surface area contributed by atoms with Gasteiger partial charge in [0.05, 0.1) is 13.2 Å². The lowest BCUT2D eigenvalue weighted by Crippen LogP contribution is -2.47. The van der Waals surface area contributed by atoms with E-state index in [4.69, 9.17) is 14.2 Å². The van der Waals surface area contributed by atoms with Crippen LogP contribution in [-0.2, 0) is 14.2 Å². The minimum absolute atomic E-state index is 0.135. The van der Waals surface area contributed by atoms with Crippen molar-refractivity contribution in [3.63, 3.8) is 0 Å². The summed E-state index contributed by atoms with van der Waals surface area (Å²) in [6.07, 6.45) is 6.76. The first-order chi connectivity index (χ1) is 7.62. The van der Waals surface area contributed by atoms with Gasteiger partial charge in [-0.3, -0.25) is 0 Å². The van der Waals surface area contributed by atoms with Gasteiger partial charge in [-0.2, -0.15) is 0 Å². The fourth-order valence-corrected chi connectivity index (χ4v) is 3.67. The Kier molecular flexibility index (Phi) is 2.54. The van der Waals surface area contributed by atoms with Gasteiger partial charge < -0.3 is 14.2 Å².